The lowest BCUT2D eigenvalue weighted by molar-refractivity contribution is -0.137. The fraction of sp³-hybridized carbons (Fsp3) is 0.429. The number of ether oxygens (including phenoxy) is 1. The lowest BCUT2D eigenvalue weighted by Gasteiger charge is -2.25. The van der Waals surface area contributed by atoms with Crippen molar-refractivity contribution in [3.05, 3.63) is 29.3 Å². The Hall–Kier alpha value is -2.08. The number of likely N-dealkylation sites (N-methyl/N-ethyl adjacent to an activating group) is 1. The number of fused-ring (bicyclic) bond motifs is 1. The molecule has 108 valence electrons. The zero-order chi connectivity index (χ0) is 14.7. The molecule has 0 saturated carbocycles. The number of carbonyl (C=O) groups excluding carboxylic acids is 2. The molecule has 0 aliphatic carbocycles. The van der Waals surface area contributed by atoms with Crippen LogP contribution in [0.1, 0.15) is 17.2 Å². The zero-order valence-electron chi connectivity index (χ0n) is 11.7. The molecule has 0 aromatic heterocycles. The highest BCUT2D eigenvalue weighted by Gasteiger charge is 2.20. The predicted octanol–water partition coefficient (Wildman–Crippen LogP) is -0.174. The number of hydrogen-bond donors (Lipinski definition) is 2. The summed E-state index contributed by atoms with van der Waals surface area (Å²) in [5.41, 5.74) is 7.18. The first-order valence-corrected chi connectivity index (χ1v) is 6.48. The van der Waals surface area contributed by atoms with Crippen molar-refractivity contribution in [1.29, 1.82) is 0 Å². The van der Waals surface area contributed by atoms with Crippen LogP contribution in [0.4, 0.5) is 0 Å². The van der Waals surface area contributed by atoms with Gasteiger partial charge in [0.25, 0.3) is 0 Å². The number of carbonyl (C=O) groups is 2. The highest BCUT2D eigenvalue weighted by atomic mass is 16.5. The summed E-state index contributed by atoms with van der Waals surface area (Å²) in [6, 6.07) is 5.99. The molecule has 1 aliphatic rings. The monoisotopic (exact) mass is 277 g/mol. The average molecular weight is 277 g/mol. The number of rotatable bonds is 4. The van der Waals surface area contributed by atoms with Gasteiger partial charge in [-0.2, -0.15) is 0 Å². The first kappa shape index (κ1) is 14.3. The van der Waals surface area contributed by atoms with E-state index in [1.54, 1.807) is 0 Å². The summed E-state index contributed by atoms with van der Waals surface area (Å²) in [4.78, 5) is 24.0. The molecule has 0 fully saturated rings. The Morgan fingerprint density at radius 1 is 1.45 bits per heavy atom. The quantitative estimate of drug-likeness (QED) is 0.748. The van der Waals surface area contributed by atoms with E-state index in [0.29, 0.717) is 13.2 Å². The summed E-state index contributed by atoms with van der Waals surface area (Å²) in [5.74, 6) is -0.807. The number of primary amides is 1. The maximum atomic E-state index is 11.3. The molecule has 1 unspecified atom stereocenters. The van der Waals surface area contributed by atoms with Crippen molar-refractivity contribution in [1.82, 2.24) is 10.2 Å². The van der Waals surface area contributed by atoms with Crippen molar-refractivity contribution in [2.75, 3.05) is 27.2 Å². The van der Waals surface area contributed by atoms with E-state index in [1.165, 1.54) is 5.56 Å². The van der Waals surface area contributed by atoms with Crippen molar-refractivity contribution < 1.29 is 14.3 Å². The van der Waals surface area contributed by atoms with Crippen LogP contribution >= 0.6 is 0 Å². The summed E-state index contributed by atoms with van der Waals surface area (Å²) in [7, 11) is 3.84. The molecule has 0 spiro atoms. The molecule has 0 saturated heterocycles. The van der Waals surface area contributed by atoms with Crippen LogP contribution in [-0.2, 0) is 16.0 Å². The second kappa shape index (κ2) is 5.92. The Kier molecular flexibility index (Phi) is 4.24. The van der Waals surface area contributed by atoms with Crippen molar-refractivity contribution in [2.45, 2.75) is 12.5 Å². The van der Waals surface area contributed by atoms with Gasteiger partial charge in [0.1, 0.15) is 5.75 Å². The average Bonchev–Trinajstić information content (AvgIpc) is 2.85. The molecule has 2 rings (SSSR count). The highest BCUT2D eigenvalue weighted by Crippen LogP contribution is 2.29. The number of nitrogens with one attached hydrogen (secondary N) is 1. The second-order valence-electron chi connectivity index (χ2n) is 5.02. The number of nitrogens with zero attached hydrogens (tertiary/aromatic N) is 1. The minimum atomic E-state index is -0.968. The SMILES string of the molecule is CN(C)C(CNC(=O)C(N)=O)c1ccc2c(c1)CCO2. The lowest BCUT2D eigenvalue weighted by atomic mass is 10.0. The van der Waals surface area contributed by atoms with Gasteiger partial charge >= 0.3 is 11.8 Å². The Labute approximate surface area is 117 Å². The largest absolute Gasteiger partial charge is 0.493 e. The molecule has 2 amide bonds. The van der Waals surface area contributed by atoms with E-state index >= 15 is 0 Å². The normalized spacial score (nSPS) is 14.6. The Balaban J connectivity index is 2.12. The zero-order valence-corrected chi connectivity index (χ0v) is 11.7. The molecule has 20 heavy (non-hydrogen) atoms. The predicted molar refractivity (Wildman–Crippen MR) is 74.3 cm³/mol. The third-order valence-corrected chi connectivity index (χ3v) is 3.40. The van der Waals surface area contributed by atoms with E-state index in [9.17, 15) is 9.59 Å². The minimum absolute atomic E-state index is 0.0239. The van der Waals surface area contributed by atoms with E-state index in [0.717, 1.165) is 17.7 Å². The molecular weight excluding hydrogens is 258 g/mol. The van der Waals surface area contributed by atoms with Gasteiger partial charge in [-0.3, -0.25) is 9.59 Å². The van der Waals surface area contributed by atoms with Crippen LogP contribution in [0.25, 0.3) is 0 Å². The van der Waals surface area contributed by atoms with Gasteiger partial charge in [-0.05, 0) is 31.3 Å². The molecule has 3 N–H and O–H groups in total. The summed E-state index contributed by atoms with van der Waals surface area (Å²) in [5, 5.41) is 2.54. The van der Waals surface area contributed by atoms with E-state index in [4.69, 9.17) is 10.5 Å². The molecule has 6 heteroatoms. The van der Waals surface area contributed by atoms with Gasteiger partial charge < -0.3 is 20.7 Å². The van der Waals surface area contributed by atoms with Crippen LogP contribution in [-0.4, -0.2) is 44.0 Å². The molecule has 0 bridgehead atoms. The number of amides is 2. The van der Waals surface area contributed by atoms with Crippen LogP contribution < -0.4 is 15.8 Å². The molecular formula is C14H19N3O3. The maximum Gasteiger partial charge on any atom is 0.309 e. The van der Waals surface area contributed by atoms with Gasteiger partial charge in [0, 0.05) is 13.0 Å². The van der Waals surface area contributed by atoms with E-state index in [2.05, 4.69) is 11.4 Å². The van der Waals surface area contributed by atoms with Crippen LogP contribution in [0.15, 0.2) is 18.2 Å². The third kappa shape index (κ3) is 3.08. The molecule has 1 aliphatic heterocycles. The standard InChI is InChI=1S/C14H19N3O3/c1-17(2)11(8-16-14(19)13(15)18)9-3-4-12-10(7-9)5-6-20-12/h3-4,7,11H,5-6,8H2,1-2H3,(H2,15,18)(H,16,19). The summed E-state index contributed by atoms with van der Waals surface area (Å²) in [6.07, 6.45) is 0.900. The van der Waals surface area contributed by atoms with Gasteiger partial charge in [-0.25, -0.2) is 0 Å². The Morgan fingerprint density at radius 2 is 2.20 bits per heavy atom. The number of hydrogen-bond acceptors (Lipinski definition) is 4. The molecule has 1 atom stereocenters. The fourth-order valence-electron chi connectivity index (χ4n) is 2.29. The van der Waals surface area contributed by atoms with Crippen molar-refractivity contribution in [3.8, 4) is 5.75 Å². The first-order chi connectivity index (χ1) is 9.49. The first-order valence-electron chi connectivity index (χ1n) is 6.48. The molecule has 1 aromatic rings. The van der Waals surface area contributed by atoms with Gasteiger partial charge in [0.2, 0.25) is 0 Å². The van der Waals surface area contributed by atoms with Gasteiger partial charge in [0.05, 0.1) is 12.6 Å². The molecule has 1 aromatic carbocycles. The number of benzene rings is 1. The summed E-state index contributed by atoms with van der Waals surface area (Å²) < 4.78 is 5.48. The van der Waals surface area contributed by atoms with Crippen LogP contribution in [0.5, 0.6) is 5.75 Å². The van der Waals surface area contributed by atoms with Gasteiger partial charge in [0.15, 0.2) is 0 Å². The maximum absolute atomic E-state index is 11.3. The van der Waals surface area contributed by atoms with Crippen LogP contribution in [0, 0.1) is 0 Å². The van der Waals surface area contributed by atoms with Crippen molar-refractivity contribution >= 4 is 11.8 Å². The minimum Gasteiger partial charge on any atom is -0.493 e. The van der Waals surface area contributed by atoms with Crippen LogP contribution in [0.3, 0.4) is 0 Å². The topological polar surface area (TPSA) is 84.7 Å². The lowest BCUT2D eigenvalue weighted by Crippen LogP contribution is -2.40. The van der Waals surface area contributed by atoms with E-state index in [-0.39, 0.29) is 6.04 Å². The van der Waals surface area contributed by atoms with Gasteiger partial charge in [-0.15, -0.1) is 0 Å². The summed E-state index contributed by atoms with van der Waals surface area (Å²) in [6.45, 7) is 1.04. The van der Waals surface area contributed by atoms with Gasteiger partial charge in [-0.1, -0.05) is 12.1 Å². The molecule has 6 nitrogen and oxygen atoms in total. The number of nitrogens with two attached hydrogens (primary N) is 1. The van der Waals surface area contributed by atoms with Crippen LogP contribution in [0.2, 0.25) is 0 Å². The summed E-state index contributed by atoms with van der Waals surface area (Å²) >= 11 is 0. The molecule has 0 radical (unpaired) electrons. The van der Waals surface area contributed by atoms with E-state index < -0.39 is 11.8 Å². The Morgan fingerprint density at radius 3 is 2.85 bits per heavy atom. The molecule has 1 heterocycles. The van der Waals surface area contributed by atoms with E-state index in [1.807, 2.05) is 31.1 Å². The second-order valence-corrected chi connectivity index (χ2v) is 5.02. The Bertz CT molecular complexity index is 528. The van der Waals surface area contributed by atoms with Crippen molar-refractivity contribution in [3.63, 3.8) is 0 Å². The highest BCUT2D eigenvalue weighted by molar-refractivity contribution is 6.34. The van der Waals surface area contributed by atoms with Crippen molar-refractivity contribution in [2.24, 2.45) is 5.73 Å². The third-order valence-electron chi connectivity index (χ3n) is 3.40. The smallest absolute Gasteiger partial charge is 0.309 e. The fourth-order valence-corrected chi connectivity index (χ4v) is 2.29.